The summed E-state index contributed by atoms with van der Waals surface area (Å²) in [6, 6.07) is 8.81. The second kappa shape index (κ2) is 6.88. The van der Waals surface area contributed by atoms with Crippen molar-refractivity contribution in [3.8, 4) is 6.07 Å². The van der Waals surface area contributed by atoms with Gasteiger partial charge in [0.1, 0.15) is 0 Å². The summed E-state index contributed by atoms with van der Waals surface area (Å²) < 4.78 is 27.4. The van der Waals surface area contributed by atoms with Crippen molar-refractivity contribution in [2.75, 3.05) is 26.2 Å². The molecule has 1 saturated heterocycles. The minimum atomic E-state index is -3.44. The maximum Gasteiger partial charge on any atom is 0.243 e. The van der Waals surface area contributed by atoms with Gasteiger partial charge in [-0.15, -0.1) is 0 Å². The van der Waals surface area contributed by atoms with Crippen molar-refractivity contribution >= 4 is 26.0 Å². The molecule has 0 spiro atoms. The van der Waals surface area contributed by atoms with Crippen LogP contribution in [0.3, 0.4) is 0 Å². The Balaban J connectivity index is 2.08. The van der Waals surface area contributed by atoms with E-state index < -0.39 is 10.0 Å². The Morgan fingerprint density at radius 1 is 1.24 bits per heavy atom. The third-order valence-corrected chi connectivity index (χ3v) is 6.14. The van der Waals surface area contributed by atoms with E-state index in [2.05, 4.69) is 22.0 Å². The summed E-state index contributed by atoms with van der Waals surface area (Å²) in [4.78, 5) is 2.36. The lowest BCUT2D eigenvalue weighted by Gasteiger charge is -2.35. The van der Waals surface area contributed by atoms with Crippen LogP contribution in [0.5, 0.6) is 0 Å². The standard InChI is InChI=1S/C14H18BrN3O2S/c1-2-13(11-16)17-7-9-18(10-8-17)21(19,20)14-5-3-12(15)4-6-14/h3-6,13H,2,7-10H2,1H3. The minimum Gasteiger partial charge on any atom is -0.285 e. The van der Waals surface area contributed by atoms with Crippen molar-refractivity contribution in [2.45, 2.75) is 24.3 Å². The molecule has 114 valence electrons. The number of benzene rings is 1. The first kappa shape index (κ1) is 16.4. The molecule has 7 heteroatoms. The van der Waals surface area contributed by atoms with Crippen LogP contribution in [-0.4, -0.2) is 49.8 Å². The van der Waals surface area contributed by atoms with Gasteiger partial charge in [-0.05, 0) is 30.7 Å². The Kier molecular flexibility index (Phi) is 5.38. The van der Waals surface area contributed by atoms with Gasteiger partial charge >= 0.3 is 0 Å². The van der Waals surface area contributed by atoms with Crippen molar-refractivity contribution in [1.82, 2.24) is 9.21 Å². The Labute approximate surface area is 134 Å². The zero-order chi connectivity index (χ0) is 15.5. The predicted octanol–water partition coefficient (Wildman–Crippen LogP) is 2.06. The minimum absolute atomic E-state index is 0.123. The molecule has 2 rings (SSSR count). The molecule has 1 aromatic carbocycles. The van der Waals surface area contributed by atoms with Crippen LogP contribution in [0.25, 0.3) is 0 Å². The molecule has 5 nitrogen and oxygen atoms in total. The van der Waals surface area contributed by atoms with E-state index in [1.807, 2.05) is 11.8 Å². The highest BCUT2D eigenvalue weighted by atomic mass is 79.9. The fraction of sp³-hybridized carbons (Fsp3) is 0.500. The van der Waals surface area contributed by atoms with E-state index in [1.54, 1.807) is 24.3 Å². The summed E-state index contributed by atoms with van der Waals surface area (Å²) in [6.45, 7) is 4.02. The largest absolute Gasteiger partial charge is 0.285 e. The lowest BCUT2D eigenvalue weighted by atomic mass is 10.2. The second-order valence-electron chi connectivity index (χ2n) is 4.95. The van der Waals surface area contributed by atoms with Gasteiger partial charge in [-0.3, -0.25) is 4.90 Å². The lowest BCUT2D eigenvalue weighted by molar-refractivity contribution is 0.159. The van der Waals surface area contributed by atoms with Gasteiger partial charge in [0.15, 0.2) is 0 Å². The highest BCUT2D eigenvalue weighted by Crippen LogP contribution is 2.20. The van der Waals surface area contributed by atoms with E-state index in [-0.39, 0.29) is 6.04 Å². The highest BCUT2D eigenvalue weighted by Gasteiger charge is 2.30. The van der Waals surface area contributed by atoms with Gasteiger partial charge in [-0.2, -0.15) is 9.57 Å². The van der Waals surface area contributed by atoms with Gasteiger partial charge in [0.2, 0.25) is 10.0 Å². The number of sulfonamides is 1. The summed E-state index contributed by atoms with van der Waals surface area (Å²) in [5.41, 5.74) is 0. The van der Waals surface area contributed by atoms with Crippen LogP contribution in [0.15, 0.2) is 33.6 Å². The Morgan fingerprint density at radius 3 is 2.29 bits per heavy atom. The molecule has 1 aliphatic heterocycles. The molecule has 21 heavy (non-hydrogen) atoms. The lowest BCUT2D eigenvalue weighted by Crippen LogP contribution is -2.51. The van der Waals surface area contributed by atoms with Gasteiger partial charge in [0.25, 0.3) is 0 Å². The van der Waals surface area contributed by atoms with Crippen molar-refractivity contribution in [3.63, 3.8) is 0 Å². The van der Waals surface area contributed by atoms with Crippen LogP contribution in [0, 0.1) is 11.3 Å². The quantitative estimate of drug-likeness (QED) is 0.812. The first-order valence-electron chi connectivity index (χ1n) is 6.88. The summed E-state index contributed by atoms with van der Waals surface area (Å²) >= 11 is 3.30. The van der Waals surface area contributed by atoms with E-state index >= 15 is 0 Å². The van der Waals surface area contributed by atoms with Crippen molar-refractivity contribution in [3.05, 3.63) is 28.7 Å². The average Bonchev–Trinajstić information content (AvgIpc) is 2.49. The smallest absolute Gasteiger partial charge is 0.243 e. The van der Waals surface area contributed by atoms with Gasteiger partial charge in [-0.1, -0.05) is 22.9 Å². The molecule has 1 unspecified atom stereocenters. The normalized spacial score (nSPS) is 19.1. The van der Waals surface area contributed by atoms with E-state index in [1.165, 1.54) is 4.31 Å². The summed E-state index contributed by atoms with van der Waals surface area (Å²) in [7, 11) is -3.44. The number of rotatable bonds is 4. The molecule has 1 heterocycles. The van der Waals surface area contributed by atoms with Gasteiger partial charge < -0.3 is 0 Å². The molecule has 0 bridgehead atoms. The molecule has 0 radical (unpaired) electrons. The summed E-state index contributed by atoms with van der Waals surface area (Å²) in [6.07, 6.45) is 0.760. The van der Waals surface area contributed by atoms with Crippen LogP contribution < -0.4 is 0 Å². The average molecular weight is 372 g/mol. The summed E-state index contributed by atoms with van der Waals surface area (Å²) in [5.74, 6) is 0. The van der Waals surface area contributed by atoms with Crippen molar-refractivity contribution in [1.29, 1.82) is 5.26 Å². The van der Waals surface area contributed by atoms with Crippen LogP contribution in [-0.2, 0) is 10.0 Å². The van der Waals surface area contributed by atoms with E-state index in [0.29, 0.717) is 31.1 Å². The zero-order valence-corrected chi connectivity index (χ0v) is 14.3. The fourth-order valence-electron chi connectivity index (χ4n) is 2.44. The molecule has 0 saturated carbocycles. The first-order valence-corrected chi connectivity index (χ1v) is 9.11. The number of hydrogen-bond donors (Lipinski definition) is 0. The molecule has 1 aliphatic rings. The van der Waals surface area contributed by atoms with E-state index in [4.69, 9.17) is 5.26 Å². The highest BCUT2D eigenvalue weighted by molar-refractivity contribution is 9.10. The number of hydrogen-bond acceptors (Lipinski definition) is 4. The maximum absolute atomic E-state index is 12.5. The predicted molar refractivity (Wildman–Crippen MR) is 84.2 cm³/mol. The topological polar surface area (TPSA) is 64.4 Å². The molecular weight excluding hydrogens is 354 g/mol. The van der Waals surface area contributed by atoms with Gasteiger partial charge in [0.05, 0.1) is 17.0 Å². The number of piperazine rings is 1. The molecule has 0 amide bonds. The number of nitriles is 1. The zero-order valence-electron chi connectivity index (χ0n) is 11.9. The number of halogens is 1. The van der Waals surface area contributed by atoms with Crippen LogP contribution in [0.2, 0.25) is 0 Å². The fourth-order valence-corrected chi connectivity index (χ4v) is 4.13. The van der Waals surface area contributed by atoms with Crippen molar-refractivity contribution < 1.29 is 8.42 Å². The van der Waals surface area contributed by atoms with E-state index in [9.17, 15) is 8.42 Å². The third kappa shape index (κ3) is 3.64. The maximum atomic E-state index is 12.5. The Morgan fingerprint density at radius 2 is 1.81 bits per heavy atom. The Bertz CT molecular complexity index is 617. The van der Waals surface area contributed by atoms with Crippen LogP contribution in [0.1, 0.15) is 13.3 Å². The monoisotopic (exact) mass is 371 g/mol. The first-order chi connectivity index (χ1) is 9.98. The third-order valence-electron chi connectivity index (χ3n) is 3.70. The van der Waals surface area contributed by atoms with Gasteiger partial charge in [0, 0.05) is 30.7 Å². The summed E-state index contributed by atoms with van der Waals surface area (Å²) in [5, 5.41) is 9.08. The van der Waals surface area contributed by atoms with Gasteiger partial charge in [-0.25, -0.2) is 8.42 Å². The molecule has 1 fully saturated rings. The van der Waals surface area contributed by atoms with E-state index in [0.717, 1.165) is 10.9 Å². The molecule has 1 aromatic rings. The molecular formula is C14H18BrN3O2S. The molecule has 1 atom stereocenters. The molecule has 0 aromatic heterocycles. The molecule has 0 N–H and O–H groups in total. The molecule has 0 aliphatic carbocycles. The van der Waals surface area contributed by atoms with Crippen molar-refractivity contribution in [2.24, 2.45) is 0 Å². The Hall–Kier alpha value is -0.940. The number of nitrogens with zero attached hydrogens (tertiary/aromatic N) is 3. The van der Waals surface area contributed by atoms with Crippen LogP contribution in [0.4, 0.5) is 0 Å². The SMILES string of the molecule is CCC(C#N)N1CCN(S(=O)(=O)c2ccc(Br)cc2)CC1. The van der Waals surface area contributed by atoms with Crippen LogP contribution >= 0.6 is 15.9 Å². The second-order valence-corrected chi connectivity index (χ2v) is 7.80.